The van der Waals surface area contributed by atoms with Crippen molar-refractivity contribution in [1.82, 2.24) is 20.2 Å². The van der Waals surface area contributed by atoms with Gasteiger partial charge >= 0.3 is 0 Å². The van der Waals surface area contributed by atoms with Crippen LogP contribution in [0, 0.1) is 0 Å². The molecule has 0 aliphatic heterocycles. The van der Waals surface area contributed by atoms with Crippen molar-refractivity contribution < 1.29 is 0 Å². The first-order chi connectivity index (χ1) is 16.8. The van der Waals surface area contributed by atoms with Crippen molar-refractivity contribution in [3.05, 3.63) is 131 Å². The zero-order valence-corrected chi connectivity index (χ0v) is 19.6. The second-order valence-corrected chi connectivity index (χ2v) is 9.09. The van der Waals surface area contributed by atoms with Crippen LogP contribution in [0.25, 0.3) is 0 Å². The van der Waals surface area contributed by atoms with Gasteiger partial charge in [-0.05, 0) is 59.7 Å². The average molecular weight is 449 g/mol. The van der Waals surface area contributed by atoms with Crippen LogP contribution in [0.4, 0.5) is 0 Å². The summed E-state index contributed by atoms with van der Waals surface area (Å²) >= 11 is 0. The van der Waals surface area contributed by atoms with Gasteiger partial charge in [0, 0.05) is 38.6 Å². The molecule has 2 aromatic heterocycles. The minimum atomic E-state index is 0.319. The first-order valence-electron chi connectivity index (χ1n) is 12.3. The van der Waals surface area contributed by atoms with Crippen LogP contribution >= 0.6 is 0 Å². The Kier molecular flexibility index (Phi) is 7.39. The minimum Gasteiger partial charge on any atom is -0.309 e. The van der Waals surface area contributed by atoms with Crippen LogP contribution in [-0.2, 0) is 32.6 Å². The standard InChI is InChI=1S/C30H32N4/c1-2-8-24(9-3-1)20-31-21-25-14-16-26(17-15-25)22-34(23-28-12-4-5-18-32-28)29-13-6-10-27-11-7-19-33-30(27)29/h1-5,7-9,11-12,14-19,29,31H,6,10,13,20-23H2. The van der Waals surface area contributed by atoms with E-state index in [1.807, 2.05) is 18.5 Å². The van der Waals surface area contributed by atoms with Crippen LogP contribution < -0.4 is 5.32 Å². The molecule has 34 heavy (non-hydrogen) atoms. The Morgan fingerprint density at radius 3 is 2.24 bits per heavy atom. The SMILES string of the molecule is c1ccc(CNCc2ccc(CN(Cc3ccccn3)C3CCCc4cccnc43)cc2)cc1. The second kappa shape index (κ2) is 11.2. The van der Waals surface area contributed by atoms with Gasteiger partial charge in [0.15, 0.2) is 0 Å². The number of aryl methyl sites for hydroxylation is 1. The highest BCUT2D eigenvalue weighted by molar-refractivity contribution is 5.27. The fourth-order valence-corrected chi connectivity index (χ4v) is 4.86. The number of nitrogens with zero attached hydrogens (tertiary/aromatic N) is 3. The molecule has 1 aliphatic carbocycles. The number of rotatable bonds is 9. The van der Waals surface area contributed by atoms with Crippen LogP contribution in [0.1, 0.15) is 52.5 Å². The molecule has 1 N–H and O–H groups in total. The highest BCUT2D eigenvalue weighted by Gasteiger charge is 2.27. The van der Waals surface area contributed by atoms with Crippen LogP contribution in [-0.4, -0.2) is 14.9 Å². The molecule has 2 aromatic carbocycles. The van der Waals surface area contributed by atoms with E-state index in [1.165, 1.54) is 34.4 Å². The largest absolute Gasteiger partial charge is 0.309 e. The van der Waals surface area contributed by atoms with Gasteiger partial charge in [0.1, 0.15) is 0 Å². The minimum absolute atomic E-state index is 0.319. The van der Waals surface area contributed by atoms with E-state index >= 15 is 0 Å². The van der Waals surface area contributed by atoms with Crippen LogP contribution in [0.3, 0.4) is 0 Å². The lowest BCUT2D eigenvalue weighted by Gasteiger charge is -2.35. The Balaban J connectivity index is 1.28. The van der Waals surface area contributed by atoms with Gasteiger partial charge < -0.3 is 5.32 Å². The van der Waals surface area contributed by atoms with E-state index < -0.39 is 0 Å². The van der Waals surface area contributed by atoms with E-state index in [-0.39, 0.29) is 0 Å². The summed E-state index contributed by atoms with van der Waals surface area (Å²) in [4.78, 5) is 12.0. The fraction of sp³-hybridized carbons (Fsp3) is 0.267. The molecule has 0 amide bonds. The quantitative estimate of drug-likeness (QED) is 0.349. The molecular formula is C30H32N4. The first kappa shape index (κ1) is 22.5. The smallest absolute Gasteiger partial charge is 0.0607 e. The Hall–Kier alpha value is -3.34. The Bertz CT molecular complexity index is 1160. The molecule has 1 unspecified atom stereocenters. The van der Waals surface area contributed by atoms with Crippen molar-refractivity contribution in [2.45, 2.75) is 51.5 Å². The number of hydrogen-bond acceptors (Lipinski definition) is 4. The predicted molar refractivity (Wildman–Crippen MR) is 137 cm³/mol. The highest BCUT2D eigenvalue weighted by atomic mass is 15.2. The topological polar surface area (TPSA) is 41.0 Å². The highest BCUT2D eigenvalue weighted by Crippen LogP contribution is 2.34. The zero-order chi connectivity index (χ0) is 23.0. The van der Waals surface area contributed by atoms with Gasteiger partial charge in [-0.2, -0.15) is 0 Å². The van der Waals surface area contributed by atoms with Crippen LogP contribution in [0.5, 0.6) is 0 Å². The summed E-state index contributed by atoms with van der Waals surface area (Å²) in [5.74, 6) is 0. The Morgan fingerprint density at radius 2 is 1.44 bits per heavy atom. The lowest BCUT2D eigenvalue weighted by Crippen LogP contribution is -2.31. The molecule has 0 fully saturated rings. The molecule has 0 saturated carbocycles. The average Bonchev–Trinajstić information content (AvgIpc) is 2.90. The molecule has 5 rings (SSSR count). The van der Waals surface area contributed by atoms with E-state index in [2.05, 4.69) is 94.1 Å². The van der Waals surface area contributed by atoms with Gasteiger partial charge in [0.05, 0.1) is 17.4 Å². The number of benzene rings is 2. The lowest BCUT2D eigenvalue weighted by molar-refractivity contribution is 0.155. The maximum atomic E-state index is 4.81. The number of pyridine rings is 2. The molecule has 4 aromatic rings. The molecule has 0 saturated heterocycles. The Morgan fingerprint density at radius 1 is 0.706 bits per heavy atom. The van der Waals surface area contributed by atoms with Crippen molar-refractivity contribution in [1.29, 1.82) is 0 Å². The maximum absolute atomic E-state index is 4.81. The molecule has 0 spiro atoms. The summed E-state index contributed by atoms with van der Waals surface area (Å²) in [6, 6.07) is 30.4. The molecule has 2 heterocycles. The second-order valence-electron chi connectivity index (χ2n) is 9.09. The summed E-state index contributed by atoms with van der Waals surface area (Å²) in [5, 5.41) is 3.55. The van der Waals surface area contributed by atoms with E-state index in [0.717, 1.165) is 44.7 Å². The van der Waals surface area contributed by atoms with Gasteiger partial charge in [-0.1, -0.05) is 66.7 Å². The van der Waals surface area contributed by atoms with Gasteiger partial charge in [0.25, 0.3) is 0 Å². The van der Waals surface area contributed by atoms with Gasteiger partial charge in [-0.25, -0.2) is 0 Å². The fourth-order valence-electron chi connectivity index (χ4n) is 4.86. The van der Waals surface area contributed by atoms with Crippen molar-refractivity contribution in [3.8, 4) is 0 Å². The lowest BCUT2D eigenvalue weighted by atomic mass is 9.90. The summed E-state index contributed by atoms with van der Waals surface area (Å²) in [6.45, 7) is 3.46. The molecule has 172 valence electrons. The van der Waals surface area contributed by atoms with Crippen LogP contribution in [0.2, 0.25) is 0 Å². The number of fused-ring (bicyclic) bond motifs is 1. The molecule has 1 aliphatic rings. The van der Waals surface area contributed by atoms with E-state index in [9.17, 15) is 0 Å². The zero-order valence-electron chi connectivity index (χ0n) is 19.6. The summed E-state index contributed by atoms with van der Waals surface area (Å²) in [6.07, 6.45) is 7.29. The molecule has 1 atom stereocenters. The monoisotopic (exact) mass is 448 g/mol. The predicted octanol–water partition coefficient (Wildman–Crippen LogP) is 5.85. The van der Waals surface area contributed by atoms with E-state index in [0.29, 0.717) is 6.04 Å². The van der Waals surface area contributed by atoms with Crippen molar-refractivity contribution >= 4 is 0 Å². The normalized spacial score (nSPS) is 15.3. The molecule has 4 heteroatoms. The Labute approximate surface area is 202 Å². The maximum Gasteiger partial charge on any atom is 0.0607 e. The third-order valence-electron chi connectivity index (χ3n) is 6.61. The van der Waals surface area contributed by atoms with Crippen LogP contribution in [0.15, 0.2) is 97.3 Å². The molecule has 4 nitrogen and oxygen atoms in total. The number of hydrogen-bond donors (Lipinski definition) is 1. The van der Waals surface area contributed by atoms with Crippen molar-refractivity contribution in [2.24, 2.45) is 0 Å². The van der Waals surface area contributed by atoms with Crippen molar-refractivity contribution in [2.75, 3.05) is 0 Å². The van der Waals surface area contributed by atoms with Gasteiger partial charge in [-0.15, -0.1) is 0 Å². The number of aromatic nitrogens is 2. The van der Waals surface area contributed by atoms with E-state index in [4.69, 9.17) is 4.98 Å². The van der Waals surface area contributed by atoms with E-state index in [1.54, 1.807) is 0 Å². The van der Waals surface area contributed by atoms with Gasteiger partial charge in [0.2, 0.25) is 0 Å². The first-order valence-corrected chi connectivity index (χ1v) is 12.3. The third kappa shape index (κ3) is 5.77. The van der Waals surface area contributed by atoms with Gasteiger partial charge in [-0.3, -0.25) is 14.9 Å². The van der Waals surface area contributed by atoms with Crippen molar-refractivity contribution in [3.63, 3.8) is 0 Å². The molecular weight excluding hydrogens is 416 g/mol. The third-order valence-corrected chi connectivity index (χ3v) is 6.61. The summed E-state index contributed by atoms with van der Waals surface area (Å²) in [7, 11) is 0. The number of nitrogens with one attached hydrogen (secondary N) is 1. The molecule has 0 radical (unpaired) electrons. The summed E-state index contributed by atoms with van der Waals surface area (Å²) < 4.78 is 0. The summed E-state index contributed by atoms with van der Waals surface area (Å²) in [5.41, 5.74) is 7.68. The molecule has 0 bridgehead atoms.